The van der Waals surface area contributed by atoms with E-state index >= 15 is 0 Å². The molecule has 25 heavy (non-hydrogen) atoms. The lowest BCUT2D eigenvalue weighted by Crippen LogP contribution is -2.28. The summed E-state index contributed by atoms with van der Waals surface area (Å²) < 4.78 is 5.03. The number of aliphatic hydroxyl groups is 2. The van der Waals surface area contributed by atoms with Crippen molar-refractivity contribution in [2.24, 2.45) is 10.8 Å². The highest BCUT2D eigenvalue weighted by Gasteiger charge is 2.30. The lowest BCUT2D eigenvalue weighted by atomic mass is 9.85. The van der Waals surface area contributed by atoms with Crippen molar-refractivity contribution in [3.8, 4) is 0 Å². The van der Waals surface area contributed by atoms with Crippen LogP contribution in [0.25, 0.3) is 0 Å². The van der Waals surface area contributed by atoms with Crippen LogP contribution in [0.15, 0.2) is 0 Å². The topological polar surface area (TPSA) is 104 Å². The molecule has 6 heteroatoms. The number of hydrogen-bond acceptors (Lipinski definition) is 5. The summed E-state index contributed by atoms with van der Waals surface area (Å²) >= 11 is 0. The Morgan fingerprint density at radius 2 is 1.32 bits per heavy atom. The van der Waals surface area contributed by atoms with Gasteiger partial charge in [-0.25, -0.2) is 0 Å². The molecule has 2 unspecified atom stereocenters. The summed E-state index contributed by atoms with van der Waals surface area (Å²) in [5.41, 5.74) is -1.45. The number of ether oxygens (including phenoxy) is 1. The molecule has 148 valence electrons. The molecule has 0 saturated heterocycles. The molecule has 0 aromatic heterocycles. The van der Waals surface area contributed by atoms with Gasteiger partial charge in [-0.3, -0.25) is 9.59 Å². The SMILES string of the molecule is CCOC(=O)C(C)(C)CCC(O)CCCC(O)CCC(C)(C)C(=O)O. The fraction of sp³-hybridized carbons (Fsp3) is 0.895. The molecule has 0 saturated carbocycles. The van der Waals surface area contributed by atoms with Crippen LogP contribution in [0.2, 0.25) is 0 Å². The number of aliphatic carboxylic acids is 1. The third-order valence-electron chi connectivity index (χ3n) is 4.69. The maximum atomic E-state index is 11.8. The molecule has 3 N–H and O–H groups in total. The average molecular weight is 360 g/mol. The molecule has 0 spiro atoms. The van der Waals surface area contributed by atoms with E-state index in [4.69, 9.17) is 9.84 Å². The first kappa shape index (κ1) is 23.9. The highest BCUT2D eigenvalue weighted by atomic mass is 16.5. The zero-order valence-electron chi connectivity index (χ0n) is 16.4. The van der Waals surface area contributed by atoms with Crippen LogP contribution in [0.3, 0.4) is 0 Å². The van der Waals surface area contributed by atoms with Gasteiger partial charge in [0.15, 0.2) is 0 Å². The number of aliphatic hydroxyl groups excluding tert-OH is 2. The van der Waals surface area contributed by atoms with Crippen molar-refractivity contribution in [1.82, 2.24) is 0 Å². The summed E-state index contributed by atoms with van der Waals surface area (Å²) in [4.78, 5) is 22.8. The summed E-state index contributed by atoms with van der Waals surface area (Å²) in [5, 5.41) is 29.1. The Hall–Kier alpha value is -1.14. The van der Waals surface area contributed by atoms with Crippen LogP contribution in [0.4, 0.5) is 0 Å². The van der Waals surface area contributed by atoms with Gasteiger partial charge in [0.25, 0.3) is 0 Å². The first-order valence-corrected chi connectivity index (χ1v) is 9.19. The van der Waals surface area contributed by atoms with E-state index in [-0.39, 0.29) is 5.97 Å². The van der Waals surface area contributed by atoms with E-state index in [1.807, 2.05) is 13.8 Å². The molecule has 0 aromatic rings. The number of hydrogen-bond donors (Lipinski definition) is 3. The lowest BCUT2D eigenvalue weighted by Gasteiger charge is -2.24. The summed E-state index contributed by atoms with van der Waals surface area (Å²) in [6, 6.07) is 0. The van der Waals surface area contributed by atoms with Crippen molar-refractivity contribution in [1.29, 1.82) is 0 Å². The van der Waals surface area contributed by atoms with Gasteiger partial charge in [-0.2, -0.15) is 0 Å². The predicted molar refractivity (Wildman–Crippen MR) is 96.2 cm³/mol. The van der Waals surface area contributed by atoms with Crippen molar-refractivity contribution >= 4 is 11.9 Å². The lowest BCUT2D eigenvalue weighted by molar-refractivity contribution is -0.154. The summed E-state index contributed by atoms with van der Waals surface area (Å²) in [6.45, 7) is 9.04. The standard InChI is InChI=1S/C19H36O6/c1-6-25-17(24)19(4,5)13-11-15(21)9-7-8-14(20)10-12-18(2,3)16(22)23/h14-15,20-21H,6-13H2,1-5H3,(H,22,23). The molecular formula is C19H36O6. The van der Waals surface area contributed by atoms with Crippen molar-refractivity contribution in [2.45, 2.75) is 91.8 Å². The molecule has 0 radical (unpaired) electrons. The van der Waals surface area contributed by atoms with E-state index in [0.717, 1.165) is 0 Å². The van der Waals surface area contributed by atoms with Crippen molar-refractivity contribution in [2.75, 3.05) is 6.61 Å². The zero-order valence-corrected chi connectivity index (χ0v) is 16.4. The van der Waals surface area contributed by atoms with E-state index in [0.29, 0.717) is 51.6 Å². The van der Waals surface area contributed by atoms with Gasteiger partial charge in [0, 0.05) is 0 Å². The molecule has 0 aliphatic rings. The minimum absolute atomic E-state index is 0.251. The van der Waals surface area contributed by atoms with Crippen LogP contribution in [-0.2, 0) is 14.3 Å². The molecule has 2 atom stereocenters. The van der Waals surface area contributed by atoms with Crippen molar-refractivity contribution in [3.05, 3.63) is 0 Å². The van der Waals surface area contributed by atoms with Gasteiger partial charge >= 0.3 is 11.9 Å². The molecule has 6 nitrogen and oxygen atoms in total. The van der Waals surface area contributed by atoms with Crippen LogP contribution in [0.1, 0.15) is 79.6 Å². The van der Waals surface area contributed by atoms with E-state index in [2.05, 4.69) is 0 Å². The van der Waals surface area contributed by atoms with Gasteiger partial charge in [-0.1, -0.05) is 0 Å². The fourth-order valence-corrected chi connectivity index (χ4v) is 2.47. The summed E-state index contributed by atoms with van der Waals surface area (Å²) in [7, 11) is 0. The monoisotopic (exact) mass is 360 g/mol. The predicted octanol–water partition coefficient (Wildman–Crippen LogP) is 3.14. The number of esters is 1. The molecule has 0 aromatic carbocycles. The van der Waals surface area contributed by atoms with E-state index in [9.17, 15) is 19.8 Å². The normalized spacial score (nSPS) is 14.8. The number of carbonyl (C=O) groups excluding carboxylic acids is 1. The molecule has 0 bridgehead atoms. The number of rotatable bonds is 13. The van der Waals surface area contributed by atoms with E-state index in [1.165, 1.54) is 0 Å². The number of carboxylic acids is 1. The highest BCUT2D eigenvalue weighted by molar-refractivity contribution is 5.75. The minimum Gasteiger partial charge on any atom is -0.481 e. The Balaban J connectivity index is 4.01. The summed E-state index contributed by atoms with van der Waals surface area (Å²) in [6.07, 6.45) is 2.58. The van der Waals surface area contributed by atoms with E-state index in [1.54, 1.807) is 20.8 Å². The van der Waals surface area contributed by atoms with E-state index < -0.39 is 29.0 Å². The molecule has 0 aliphatic carbocycles. The summed E-state index contributed by atoms with van der Waals surface area (Å²) in [5.74, 6) is -1.11. The Bertz CT molecular complexity index is 416. The van der Waals surface area contributed by atoms with Crippen LogP contribution in [-0.4, -0.2) is 46.1 Å². The molecule has 0 rings (SSSR count). The van der Waals surface area contributed by atoms with Crippen LogP contribution in [0, 0.1) is 10.8 Å². The Labute approximate surface area is 151 Å². The molecular weight excluding hydrogens is 324 g/mol. The van der Waals surface area contributed by atoms with Crippen LogP contribution in [0.5, 0.6) is 0 Å². The minimum atomic E-state index is -0.862. The van der Waals surface area contributed by atoms with Gasteiger partial charge in [0.05, 0.1) is 29.6 Å². The fourth-order valence-electron chi connectivity index (χ4n) is 2.47. The Morgan fingerprint density at radius 3 is 1.72 bits per heavy atom. The van der Waals surface area contributed by atoms with Crippen molar-refractivity contribution < 1.29 is 29.6 Å². The molecule has 0 fully saturated rings. The first-order chi connectivity index (χ1) is 11.4. The van der Waals surface area contributed by atoms with Gasteiger partial charge < -0.3 is 20.1 Å². The smallest absolute Gasteiger partial charge is 0.311 e. The largest absolute Gasteiger partial charge is 0.481 e. The third kappa shape index (κ3) is 9.80. The highest BCUT2D eigenvalue weighted by Crippen LogP contribution is 2.27. The maximum absolute atomic E-state index is 11.8. The maximum Gasteiger partial charge on any atom is 0.311 e. The third-order valence-corrected chi connectivity index (χ3v) is 4.69. The second-order valence-corrected chi connectivity index (χ2v) is 8.11. The average Bonchev–Trinajstić information content (AvgIpc) is 2.51. The quantitative estimate of drug-likeness (QED) is 0.436. The number of carboxylic acid groups (broad SMARTS) is 1. The van der Waals surface area contributed by atoms with Crippen LogP contribution >= 0.6 is 0 Å². The first-order valence-electron chi connectivity index (χ1n) is 9.19. The Kier molecular flexibility index (Phi) is 10.3. The molecule has 0 heterocycles. The van der Waals surface area contributed by atoms with Crippen molar-refractivity contribution in [3.63, 3.8) is 0 Å². The van der Waals surface area contributed by atoms with Crippen LogP contribution < -0.4 is 0 Å². The second-order valence-electron chi connectivity index (χ2n) is 8.11. The molecule has 0 amide bonds. The zero-order chi connectivity index (χ0) is 19.7. The Morgan fingerprint density at radius 1 is 0.880 bits per heavy atom. The molecule has 0 aliphatic heterocycles. The van der Waals surface area contributed by atoms with Gasteiger partial charge in [0.2, 0.25) is 0 Å². The van der Waals surface area contributed by atoms with Gasteiger partial charge in [-0.05, 0) is 79.6 Å². The second kappa shape index (κ2) is 10.8. The van der Waals surface area contributed by atoms with Gasteiger partial charge in [0.1, 0.15) is 0 Å². The van der Waals surface area contributed by atoms with Gasteiger partial charge in [-0.15, -0.1) is 0 Å². The number of carbonyl (C=O) groups is 2.